The summed E-state index contributed by atoms with van der Waals surface area (Å²) in [7, 11) is 1.99. The van der Waals surface area contributed by atoms with E-state index in [1.165, 1.54) is 17.7 Å². The fraction of sp³-hybridized carbons (Fsp3) is 0.100. The molecule has 0 bridgehead atoms. The Labute approximate surface area is 139 Å². The van der Waals surface area contributed by atoms with Crippen LogP contribution in [0.3, 0.4) is 0 Å². The van der Waals surface area contributed by atoms with E-state index in [0.29, 0.717) is 5.89 Å². The molecule has 0 radical (unpaired) electrons. The molecule has 2 heterocycles. The summed E-state index contributed by atoms with van der Waals surface area (Å²) >= 11 is 0. The second-order valence-corrected chi connectivity index (χ2v) is 5.83. The van der Waals surface area contributed by atoms with Gasteiger partial charge in [-0.2, -0.15) is 4.57 Å². The van der Waals surface area contributed by atoms with Gasteiger partial charge in [-0.1, -0.05) is 18.2 Å². The van der Waals surface area contributed by atoms with Gasteiger partial charge in [0.15, 0.2) is 6.20 Å². The van der Waals surface area contributed by atoms with Gasteiger partial charge in [-0.25, -0.2) is 9.37 Å². The van der Waals surface area contributed by atoms with Crippen LogP contribution >= 0.6 is 0 Å². The molecule has 0 aliphatic rings. The third kappa shape index (κ3) is 2.36. The molecule has 24 heavy (non-hydrogen) atoms. The number of pyridine rings is 1. The van der Waals surface area contributed by atoms with Crippen LogP contribution in [0.15, 0.2) is 65.2 Å². The van der Waals surface area contributed by atoms with Crippen LogP contribution in [0, 0.1) is 12.7 Å². The van der Waals surface area contributed by atoms with Crippen LogP contribution in [0.4, 0.5) is 4.39 Å². The summed E-state index contributed by atoms with van der Waals surface area (Å²) in [5.74, 6) is 0.216. The Morgan fingerprint density at radius 3 is 2.50 bits per heavy atom. The predicted octanol–water partition coefficient (Wildman–Crippen LogP) is 4.43. The van der Waals surface area contributed by atoms with E-state index in [0.717, 1.165) is 27.9 Å². The molecule has 118 valence electrons. The zero-order valence-corrected chi connectivity index (χ0v) is 13.5. The van der Waals surface area contributed by atoms with Crippen LogP contribution in [0.5, 0.6) is 0 Å². The summed E-state index contributed by atoms with van der Waals surface area (Å²) in [6, 6.07) is 16.3. The molecule has 4 rings (SSSR count). The van der Waals surface area contributed by atoms with Gasteiger partial charge in [0.05, 0.1) is 5.56 Å². The number of oxazole rings is 1. The van der Waals surface area contributed by atoms with E-state index >= 15 is 0 Å². The van der Waals surface area contributed by atoms with Gasteiger partial charge in [-0.3, -0.25) is 0 Å². The van der Waals surface area contributed by atoms with E-state index < -0.39 is 0 Å². The monoisotopic (exact) mass is 319 g/mol. The first-order chi connectivity index (χ1) is 11.6. The molecule has 0 fully saturated rings. The molecule has 4 heteroatoms. The third-order valence-electron chi connectivity index (χ3n) is 4.17. The van der Waals surface area contributed by atoms with Gasteiger partial charge in [-0.15, -0.1) is 0 Å². The van der Waals surface area contributed by atoms with E-state index in [2.05, 4.69) is 24.0 Å². The lowest BCUT2D eigenvalue weighted by molar-refractivity contribution is -0.659. The molecule has 0 spiro atoms. The summed E-state index contributed by atoms with van der Waals surface area (Å²) in [6.45, 7) is 2.07. The SMILES string of the molecule is Cc1ccccc1-c1c2oc(-c3ccc(F)cc3)nc2cc[n+]1C. The smallest absolute Gasteiger partial charge is 0.257 e. The fourth-order valence-electron chi connectivity index (χ4n) is 2.90. The average Bonchev–Trinajstić information content (AvgIpc) is 3.01. The number of benzene rings is 2. The van der Waals surface area contributed by atoms with Gasteiger partial charge in [0.25, 0.3) is 5.69 Å². The Hall–Kier alpha value is -3.01. The number of halogens is 1. The van der Waals surface area contributed by atoms with E-state index in [9.17, 15) is 4.39 Å². The molecule has 0 amide bonds. The van der Waals surface area contributed by atoms with Crippen molar-refractivity contribution in [2.24, 2.45) is 7.05 Å². The molecule has 2 aromatic heterocycles. The maximum Gasteiger partial charge on any atom is 0.257 e. The molecule has 3 nitrogen and oxygen atoms in total. The van der Waals surface area contributed by atoms with Crippen molar-refractivity contribution in [1.82, 2.24) is 4.98 Å². The molecule has 0 unspecified atom stereocenters. The Morgan fingerprint density at radius 1 is 1.00 bits per heavy atom. The van der Waals surface area contributed by atoms with Crippen molar-refractivity contribution >= 4 is 11.1 Å². The lowest BCUT2D eigenvalue weighted by Crippen LogP contribution is -2.30. The number of hydrogen-bond donors (Lipinski definition) is 0. The second-order valence-electron chi connectivity index (χ2n) is 5.83. The molecule has 0 atom stereocenters. The molecule has 0 saturated carbocycles. The summed E-state index contributed by atoms with van der Waals surface area (Å²) in [5.41, 5.74) is 5.52. The zero-order valence-electron chi connectivity index (χ0n) is 13.5. The normalized spacial score (nSPS) is 11.1. The Morgan fingerprint density at radius 2 is 1.75 bits per heavy atom. The second kappa shape index (κ2) is 5.57. The minimum Gasteiger partial charge on any atom is -0.429 e. The van der Waals surface area contributed by atoms with Gasteiger partial charge >= 0.3 is 0 Å². The third-order valence-corrected chi connectivity index (χ3v) is 4.17. The van der Waals surface area contributed by atoms with E-state index in [4.69, 9.17) is 4.42 Å². The first-order valence-corrected chi connectivity index (χ1v) is 7.74. The molecule has 0 aliphatic heterocycles. The quantitative estimate of drug-likeness (QED) is 0.511. The molecular formula is C20H16FN2O+. The van der Waals surface area contributed by atoms with Crippen LogP contribution in [0.2, 0.25) is 0 Å². The standard InChI is InChI=1S/C20H16FN2O/c1-13-5-3-4-6-16(13)18-19-17(11-12-23(18)2)22-20(24-19)14-7-9-15(21)10-8-14/h3-12H,1-2H3/q+1. The molecule has 4 aromatic rings. The van der Waals surface area contributed by atoms with E-state index in [-0.39, 0.29) is 5.82 Å². The van der Waals surface area contributed by atoms with E-state index in [1.54, 1.807) is 12.1 Å². The van der Waals surface area contributed by atoms with Gasteiger partial charge in [0, 0.05) is 11.6 Å². The maximum atomic E-state index is 13.1. The van der Waals surface area contributed by atoms with Crippen molar-refractivity contribution < 1.29 is 13.4 Å². The van der Waals surface area contributed by atoms with Gasteiger partial charge in [0.2, 0.25) is 11.5 Å². The highest BCUT2D eigenvalue weighted by Gasteiger charge is 2.22. The molecular weight excluding hydrogens is 303 g/mol. The van der Waals surface area contributed by atoms with Crippen LogP contribution in [-0.4, -0.2) is 4.98 Å². The van der Waals surface area contributed by atoms with Crippen molar-refractivity contribution in [2.75, 3.05) is 0 Å². The van der Waals surface area contributed by atoms with E-state index in [1.807, 2.05) is 36.0 Å². The van der Waals surface area contributed by atoms with Crippen LogP contribution < -0.4 is 4.57 Å². The summed E-state index contributed by atoms with van der Waals surface area (Å²) in [5, 5.41) is 0. The summed E-state index contributed by atoms with van der Waals surface area (Å²) in [6.07, 6.45) is 1.97. The lowest BCUT2D eigenvalue weighted by Gasteiger charge is -2.03. The Balaban J connectivity index is 1.96. The van der Waals surface area contributed by atoms with Crippen molar-refractivity contribution in [3.63, 3.8) is 0 Å². The number of aryl methyl sites for hydroxylation is 2. The first kappa shape index (κ1) is 14.6. The highest BCUT2D eigenvalue weighted by atomic mass is 19.1. The van der Waals surface area contributed by atoms with Gasteiger partial charge in [0.1, 0.15) is 18.4 Å². The number of hydrogen-bond acceptors (Lipinski definition) is 2. The molecule has 2 aromatic carbocycles. The van der Waals surface area contributed by atoms with Crippen LogP contribution in [-0.2, 0) is 7.05 Å². The molecule has 0 saturated heterocycles. The number of aromatic nitrogens is 2. The maximum absolute atomic E-state index is 13.1. The Bertz CT molecular complexity index is 1040. The number of rotatable bonds is 2. The van der Waals surface area contributed by atoms with Crippen molar-refractivity contribution in [3.8, 4) is 22.7 Å². The Kier molecular flexibility index (Phi) is 3.38. The largest absolute Gasteiger partial charge is 0.429 e. The van der Waals surface area contributed by atoms with Gasteiger partial charge in [-0.05, 0) is 42.8 Å². The minimum atomic E-state index is -0.276. The topological polar surface area (TPSA) is 29.9 Å². The number of nitrogens with zero attached hydrogens (tertiary/aromatic N) is 2. The fourth-order valence-corrected chi connectivity index (χ4v) is 2.90. The van der Waals surface area contributed by atoms with Crippen molar-refractivity contribution in [3.05, 3.63) is 72.2 Å². The zero-order chi connectivity index (χ0) is 16.7. The predicted molar refractivity (Wildman–Crippen MR) is 90.8 cm³/mol. The van der Waals surface area contributed by atoms with Crippen LogP contribution in [0.25, 0.3) is 33.8 Å². The molecule has 0 N–H and O–H groups in total. The summed E-state index contributed by atoms with van der Waals surface area (Å²) < 4.78 is 21.2. The summed E-state index contributed by atoms with van der Waals surface area (Å²) in [4.78, 5) is 4.57. The van der Waals surface area contributed by atoms with Gasteiger partial charge < -0.3 is 4.42 Å². The number of fused-ring (bicyclic) bond motifs is 1. The van der Waals surface area contributed by atoms with Crippen molar-refractivity contribution in [1.29, 1.82) is 0 Å². The highest BCUT2D eigenvalue weighted by Crippen LogP contribution is 2.31. The molecule has 0 aliphatic carbocycles. The van der Waals surface area contributed by atoms with Crippen molar-refractivity contribution in [2.45, 2.75) is 6.92 Å². The highest BCUT2D eigenvalue weighted by molar-refractivity contribution is 5.88. The first-order valence-electron chi connectivity index (χ1n) is 7.74. The lowest BCUT2D eigenvalue weighted by atomic mass is 10.0. The minimum absolute atomic E-state index is 0.276. The average molecular weight is 319 g/mol. The van der Waals surface area contributed by atoms with Crippen LogP contribution in [0.1, 0.15) is 5.56 Å².